The van der Waals surface area contributed by atoms with E-state index in [1.54, 1.807) is 18.4 Å². The van der Waals surface area contributed by atoms with E-state index in [1.165, 1.54) is 6.92 Å². The number of hydrogen-bond acceptors (Lipinski definition) is 6. The molecule has 1 N–H and O–H groups in total. The molecule has 2 aromatic rings. The summed E-state index contributed by atoms with van der Waals surface area (Å²) in [5, 5.41) is 3.09. The molecule has 0 saturated heterocycles. The van der Waals surface area contributed by atoms with Crippen molar-refractivity contribution in [3.05, 3.63) is 40.5 Å². The second kappa shape index (κ2) is 8.77. The quantitative estimate of drug-likeness (QED) is 0.446. The summed E-state index contributed by atoms with van der Waals surface area (Å²) in [5.74, 6) is -0.992. The van der Waals surface area contributed by atoms with E-state index in [4.69, 9.17) is 4.74 Å². The first kappa shape index (κ1) is 20.6. The topological polar surface area (TPSA) is 79.6 Å². The van der Waals surface area contributed by atoms with Crippen molar-refractivity contribution >= 4 is 39.7 Å². The van der Waals surface area contributed by atoms with Crippen LogP contribution in [0.5, 0.6) is 0 Å². The normalized spacial score (nSPS) is 10.4. The average molecular weight is 390 g/mol. The molecule has 0 spiro atoms. The van der Waals surface area contributed by atoms with E-state index < -0.39 is 5.97 Å². The maximum Gasteiger partial charge on any atom is 0.341 e. The van der Waals surface area contributed by atoms with E-state index in [0.29, 0.717) is 15.4 Å². The number of ether oxygens (including phenoxy) is 1. The summed E-state index contributed by atoms with van der Waals surface area (Å²) in [6, 6.07) is 3.81. The number of hydrogen-bond donors (Lipinski definition) is 1. The lowest BCUT2D eigenvalue weighted by Crippen LogP contribution is -2.39. The van der Waals surface area contributed by atoms with Crippen molar-refractivity contribution in [1.82, 2.24) is 0 Å². The molecule has 8 heteroatoms. The van der Waals surface area contributed by atoms with Crippen LogP contribution in [0.25, 0.3) is 0 Å². The smallest absolute Gasteiger partial charge is 0.341 e. The van der Waals surface area contributed by atoms with Gasteiger partial charge in [0.25, 0.3) is 5.91 Å². The van der Waals surface area contributed by atoms with Gasteiger partial charge in [-0.2, -0.15) is 4.57 Å². The van der Waals surface area contributed by atoms with Gasteiger partial charge in [-0.15, -0.1) is 11.3 Å². The predicted molar refractivity (Wildman–Crippen MR) is 105 cm³/mol. The number of nitrogens with zero attached hydrogens (tertiary/aromatic N) is 2. The van der Waals surface area contributed by atoms with Crippen LogP contribution < -0.4 is 14.8 Å². The first-order valence-electron chi connectivity index (χ1n) is 8.52. The first-order chi connectivity index (χ1) is 12.7. The van der Waals surface area contributed by atoms with Gasteiger partial charge in [0, 0.05) is 31.9 Å². The Morgan fingerprint density at radius 1 is 1.22 bits per heavy atom. The van der Waals surface area contributed by atoms with Gasteiger partial charge < -0.3 is 15.0 Å². The third-order valence-corrected chi connectivity index (χ3v) is 5.22. The van der Waals surface area contributed by atoms with Crippen LogP contribution >= 0.6 is 11.3 Å². The highest BCUT2D eigenvalue weighted by Crippen LogP contribution is 2.34. The molecule has 0 saturated carbocycles. The summed E-state index contributed by atoms with van der Waals surface area (Å²) in [7, 11) is 3.88. The molecular formula is C19H24N3O4S+. The Hall–Kier alpha value is -2.74. The minimum atomic E-state index is -0.544. The minimum absolute atomic E-state index is 0.0856. The molecule has 7 nitrogen and oxygen atoms in total. The number of anilines is 2. The lowest BCUT2D eigenvalue weighted by atomic mass is 10.1. The highest BCUT2D eigenvalue weighted by molar-refractivity contribution is 7.18. The summed E-state index contributed by atoms with van der Waals surface area (Å²) >= 11 is 1.10. The van der Waals surface area contributed by atoms with E-state index in [2.05, 4.69) is 5.32 Å². The standard InChI is InChI=1S/C19H23N3O4S/c1-6-26-19(25)16-12(2)17(13(3)23)27-18(16)20-15(24)11-22-9-7-14(8-10-22)21(4)5/h7-10H,6,11H2,1-5H3/p+1. The van der Waals surface area contributed by atoms with Gasteiger partial charge in [0.2, 0.25) is 6.54 Å². The second-order valence-corrected chi connectivity index (χ2v) is 7.23. The Morgan fingerprint density at radius 2 is 1.85 bits per heavy atom. The fourth-order valence-corrected chi connectivity index (χ4v) is 3.68. The van der Waals surface area contributed by atoms with Crippen LogP contribution in [0.1, 0.15) is 39.4 Å². The van der Waals surface area contributed by atoms with Crippen LogP contribution in [0.3, 0.4) is 0 Å². The largest absolute Gasteiger partial charge is 0.462 e. The summed E-state index contributed by atoms with van der Waals surface area (Å²) in [6.07, 6.45) is 3.61. The van der Waals surface area contributed by atoms with Gasteiger partial charge in [-0.1, -0.05) is 0 Å². The van der Waals surface area contributed by atoms with Crippen LogP contribution in [-0.4, -0.2) is 38.4 Å². The minimum Gasteiger partial charge on any atom is -0.462 e. The molecule has 0 fully saturated rings. The Kier molecular flexibility index (Phi) is 6.68. The van der Waals surface area contributed by atoms with Crippen molar-refractivity contribution in [2.24, 2.45) is 0 Å². The number of carbonyl (C=O) groups is 3. The zero-order valence-corrected chi connectivity index (χ0v) is 17.0. The maximum absolute atomic E-state index is 12.5. The molecule has 2 rings (SSSR count). The number of ketones is 1. The zero-order chi connectivity index (χ0) is 20.1. The zero-order valence-electron chi connectivity index (χ0n) is 16.2. The number of rotatable bonds is 7. The van der Waals surface area contributed by atoms with Crippen LogP contribution in [0.4, 0.5) is 10.7 Å². The lowest BCUT2D eigenvalue weighted by molar-refractivity contribution is -0.684. The summed E-state index contributed by atoms with van der Waals surface area (Å²) in [5.41, 5.74) is 1.80. The number of aromatic nitrogens is 1. The third-order valence-electron chi connectivity index (χ3n) is 3.92. The molecule has 0 aromatic carbocycles. The molecule has 0 aliphatic rings. The van der Waals surface area contributed by atoms with Crippen LogP contribution in [-0.2, 0) is 16.1 Å². The third kappa shape index (κ3) is 4.91. The number of pyridine rings is 1. The SMILES string of the molecule is CCOC(=O)c1c(NC(=O)C[n+]2ccc(N(C)C)cc2)sc(C(C)=O)c1C. The molecule has 2 heterocycles. The number of amides is 1. The van der Waals surface area contributed by atoms with Gasteiger partial charge in [-0.05, 0) is 26.3 Å². The Labute approximate surface area is 162 Å². The Bertz CT molecular complexity index is 857. The van der Waals surface area contributed by atoms with Crippen molar-refractivity contribution in [2.45, 2.75) is 27.3 Å². The van der Waals surface area contributed by atoms with Crippen LogP contribution in [0, 0.1) is 6.92 Å². The van der Waals surface area contributed by atoms with Crippen molar-refractivity contribution in [3.8, 4) is 0 Å². The molecule has 0 aliphatic carbocycles. The number of Topliss-reactive ketones (excluding diaryl/α,β-unsaturated/α-hetero) is 1. The number of carbonyl (C=O) groups excluding carboxylic acids is 3. The highest BCUT2D eigenvalue weighted by atomic mass is 32.1. The molecule has 27 heavy (non-hydrogen) atoms. The van der Waals surface area contributed by atoms with E-state index >= 15 is 0 Å². The lowest BCUT2D eigenvalue weighted by Gasteiger charge is -2.10. The molecule has 1 amide bonds. The van der Waals surface area contributed by atoms with E-state index in [0.717, 1.165) is 17.0 Å². The van der Waals surface area contributed by atoms with Crippen molar-refractivity contribution in [1.29, 1.82) is 0 Å². The Morgan fingerprint density at radius 3 is 2.37 bits per heavy atom. The molecule has 0 aliphatic heterocycles. The fraction of sp³-hybridized carbons (Fsp3) is 0.368. The van der Waals surface area contributed by atoms with E-state index in [9.17, 15) is 14.4 Å². The van der Waals surface area contributed by atoms with Crippen LogP contribution in [0.2, 0.25) is 0 Å². The highest BCUT2D eigenvalue weighted by Gasteiger charge is 2.25. The van der Waals surface area contributed by atoms with Gasteiger partial charge >= 0.3 is 5.97 Å². The van der Waals surface area contributed by atoms with E-state index in [1.807, 2.05) is 43.5 Å². The monoisotopic (exact) mass is 390 g/mol. The molecular weight excluding hydrogens is 366 g/mol. The van der Waals surface area contributed by atoms with Gasteiger partial charge in [0.1, 0.15) is 5.00 Å². The predicted octanol–water partition coefficient (Wildman–Crippen LogP) is 2.43. The van der Waals surface area contributed by atoms with Crippen molar-refractivity contribution in [2.75, 3.05) is 30.9 Å². The fourth-order valence-electron chi connectivity index (χ4n) is 2.57. The average Bonchev–Trinajstić information content (AvgIpc) is 2.91. The first-order valence-corrected chi connectivity index (χ1v) is 9.34. The Balaban J connectivity index is 2.22. The molecule has 0 atom stereocenters. The summed E-state index contributed by atoms with van der Waals surface area (Å²) < 4.78 is 6.81. The maximum atomic E-state index is 12.5. The molecule has 0 radical (unpaired) electrons. The number of esters is 1. The molecule has 0 bridgehead atoms. The molecule has 2 aromatic heterocycles. The van der Waals surface area contributed by atoms with Crippen molar-refractivity contribution in [3.63, 3.8) is 0 Å². The summed E-state index contributed by atoms with van der Waals surface area (Å²) in [6.45, 7) is 5.12. The molecule has 144 valence electrons. The van der Waals surface area contributed by atoms with Gasteiger partial charge in [-0.25, -0.2) is 4.79 Å². The van der Waals surface area contributed by atoms with E-state index in [-0.39, 0.29) is 30.4 Å². The molecule has 0 unspecified atom stereocenters. The van der Waals surface area contributed by atoms with Gasteiger partial charge in [0.05, 0.1) is 17.0 Å². The second-order valence-electron chi connectivity index (χ2n) is 6.21. The van der Waals surface area contributed by atoms with Gasteiger partial charge in [-0.3, -0.25) is 9.59 Å². The van der Waals surface area contributed by atoms with Crippen LogP contribution in [0.15, 0.2) is 24.5 Å². The summed E-state index contributed by atoms with van der Waals surface area (Å²) in [4.78, 5) is 38.9. The van der Waals surface area contributed by atoms with Crippen molar-refractivity contribution < 1.29 is 23.7 Å². The van der Waals surface area contributed by atoms with Gasteiger partial charge in [0.15, 0.2) is 18.2 Å². The number of thiophene rings is 1. The number of nitrogens with one attached hydrogen (secondary N) is 1.